The number of fused-ring (bicyclic) bond motifs is 1. The van der Waals surface area contributed by atoms with Crippen molar-refractivity contribution in [3.05, 3.63) is 69.3 Å². The summed E-state index contributed by atoms with van der Waals surface area (Å²) in [5.74, 6) is -0.863. The number of nitriles is 2. The van der Waals surface area contributed by atoms with Crippen molar-refractivity contribution in [2.75, 3.05) is 0 Å². The molecule has 0 aliphatic heterocycles. The van der Waals surface area contributed by atoms with E-state index < -0.39 is 23.3 Å². The Morgan fingerprint density at radius 2 is 2.00 bits per heavy atom. The number of halogens is 1. The van der Waals surface area contributed by atoms with Gasteiger partial charge in [0.1, 0.15) is 23.8 Å². The minimum Gasteiger partial charge on any atom is -0.346 e. The van der Waals surface area contributed by atoms with Gasteiger partial charge in [-0.1, -0.05) is 0 Å². The van der Waals surface area contributed by atoms with E-state index in [0.717, 1.165) is 6.07 Å². The number of hydrogen-bond donors (Lipinski definition) is 2. The number of amides is 1. The van der Waals surface area contributed by atoms with Gasteiger partial charge in [-0.05, 0) is 25.1 Å². The molecule has 28 heavy (non-hydrogen) atoms. The molecule has 2 N–H and O–H groups in total. The molecule has 0 bridgehead atoms. The third-order valence-corrected chi connectivity index (χ3v) is 4.08. The van der Waals surface area contributed by atoms with E-state index in [4.69, 9.17) is 10.5 Å². The predicted octanol–water partition coefficient (Wildman–Crippen LogP) is 1.62. The molecular formula is C19H13FN6O2. The average Bonchev–Trinajstić information content (AvgIpc) is 2.69. The van der Waals surface area contributed by atoms with Crippen LogP contribution in [-0.4, -0.2) is 20.9 Å². The second-order valence-corrected chi connectivity index (χ2v) is 6.03. The fraction of sp³-hybridized carbons (Fsp3) is 0.158. The van der Waals surface area contributed by atoms with E-state index in [9.17, 15) is 14.0 Å². The summed E-state index contributed by atoms with van der Waals surface area (Å²) in [5, 5.41) is 20.8. The summed E-state index contributed by atoms with van der Waals surface area (Å²) in [6.45, 7) is 1.66. The Balaban J connectivity index is 1.82. The summed E-state index contributed by atoms with van der Waals surface area (Å²) in [6, 6.07) is 6.92. The molecule has 1 atom stereocenters. The maximum absolute atomic E-state index is 13.8. The smallest absolute Gasteiger partial charge is 0.252 e. The zero-order valence-corrected chi connectivity index (χ0v) is 14.7. The van der Waals surface area contributed by atoms with Crippen molar-refractivity contribution >= 4 is 16.8 Å². The number of aromatic amines is 1. The Bertz CT molecular complexity index is 1200. The molecule has 0 fully saturated rings. The lowest BCUT2D eigenvalue weighted by Crippen LogP contribution is -2.31. The van der Waals surface area contributed by atoms with Gasteiger partial charge in [0.05, 0.1) is 23.6 Å². The molecule has 0 aliphatic rings. The highest BCUT2D eigenvalue weighted by Crippen LogP contribution is 2.19. The van der Waals surface area contributed by atoms with Crippen molar-refractivity contribution in [3.63, 3.8) is 0 Å². The molecule has 0 saturated carbocycles. The molecule has 0 aliphatic carbocycles. The van der Waals surface area contributed by atoms with Crippen molar-refractivity contribution in [1.29, 1.82) is 10.5 Å². The van der Waals surface area contributed by atoms with Gasteiger partial charge in [-0.15, -0.1) is 0 Å². The number of pyridine rings is 1. The highest BCUT2D eigenvalue weighted by atomic mass is 19.1. The minimum atomic E-state index is -0.705. The van der Waals surface area contributed by atoms with Crippen LogP contribution in [0, 0.1) is 28.5 Å². The van der Waals surface area contributed by atoms with E-state index in [1.165, 1.54) is 24.5 Å². The molecule has 1 aromatic carbocycles. The van der Waals surface area contributed by atoms with Crippen LogP contribution in [0.4, 0.5) is 4.39 Å². The van der Waals surface area contributed by atoms with E-state index in [1.807, 2.05) is 6.07 Å². The Kier molecular flexibility index (Phi) is 5.10. The van der Waals surface area contributed by atoms with Crippen molar-refractivity contribution < 1.29 is 9.18 Å². The molecule has 9 heteroatoms. The number of carbonyl (C=O) groups excluding carboxylic acids is 1. The lowest BCUT2D eigenvalue weighted by molar-refractivity contribution is -0.121. The zero-order chi connectivity index (χ0) is 20.3. The fourth-order valence-corrected chi connectivity index (χ4v) is 2.69. The Morgan fingerprint density at radius 1 is 1.29 bits per heavy atom. The number of carbonyl (C=O) groups is 1. The molecule has 3 rings (SSSR count). The van der Waals surface area contributed by atoms with E-state index in [0.29, 0.717) is 16.9 Å². The molecule has 138 valence electrons. The normalized spacial score (nSPS) is 11.4. The van der Waals surface area contributed by atoms with E-state index >= 15 is 0 Å². The lowest BCUT2D eigenvalue weighted by atomic mass is 10.0. The molecule has 0 radical (unpaired) electrons. The molecule has 2 heterocycles. The average molecular weight is 376 g/mol. The highest BCUT2D eigenvalue weighted by molar-refractivity contribution is 5.87. The van der Waals surface area contributed by atoms with Crippen molar-refractivity contribution in [2.24, 2.45) is 0 Å². The van der Waals surface area contributed by atoms with Crippen LogP contribution in [0.15, 0.2) is 35.4 Å². The van der Waals surface area contributed by atoms with Crippen LogP contribution < -0.4 is 10.9 Å². The zero-order valence-electron chi connectivity index (χ0n) is 14.7. The van der Waals surface area contributed by atoms with Crippen LogP contribution in [0.5, 0.6) is 0 Å². The maximum Gasteiger partial charge on any atom is 0.252 e. The summed E-state index contributed by atoms with van der Waals surface area (Å²) in [5.41, 5.74) is 0.00666. The Labute approximate surface area is 158 Å². The first-order chi connectivity index (χ1) is 13.4. The van der Waals surface area contributed by atoms with E-state index in [1.54, 1.807) is 13.0 Å². The number of rotatable bonds is 4. The topological polar surface area (TPSA) is 135 Å². The van der Waals surface area contributed by atoms with Gasteiger partial charge in [-0.3, -0.25) is 9.59 Å². The third-order valence-electron chi connectivity index (χ3n) is 4.08. The number of benzene rings is 1. The van der Waals surface area contributed by atoms with Crippen LogP contribution in [0.2, 0.25) is 0 Å². The largest absolute Gasteiger partial charge is 0.346 e. The molecule has 3 aromatic rings. The van der Waals surface area contributed by atoms with Crippen molar-refractivity contribution in [3.8, 4) is 12.1 Å². The number of hydrogen-bond acceptors (Lipinski definition) is 6. The first-order valence-corrected chi connectivity index (χ1v) is 8.19. The molecule has 2 aromatic heterocycles. The molecule has 1 amide bonds. The minimum absolute atomic E-state index is 0.0973. The van der Waals surface area contributed by atoms with E-state index in [-0.39, 0.29) is 22.9 Å². The van der Waals surface area contributed by atoms with Crippen LogP contribution in [0.25, 0.3) is 10.9 Å². The van der Waals surface area contributed by atoms with Gasteiger partial charge in [0, 0.05) is 28.9 Å². The first-order valence-electron chi connectivity index (χ1n) is 8.19. The summed E-state index contributed by atoms with van der Waals surface area (Å²) in [4.78, 5) is 35.1. The standard InChI is InChI=1S/C19H13FN6O2/c1-10(18-23-8-11(6-21)9-24-18)25-17(27)5-12-4-13-14(7-22)15(20)2-3-16(13)26-19(12)28/h2-4,8-10H,5H2,1H3,(H,25,27)(H,26,28)/t10-/m0/s1. The number of nitrogens with zero attached hydrogens (tertiary/aromatic N) is 4. The molecule has 0 spiro atoms. The Morgan fingerprint density at radius 3 is 2.64 bits per heavy atom. The first kappa shape index (κ1) is 18.7. The van der Waals surface area contributed by atoms with Gasteiger partial charge in [0.25, 0.3) is 5.56 Å². The van der Waals surface area contributed by atoms with Crippen molar-refractivity contribution in [2.45, 2.75) is 19.4 Å². The SMILES string of the molecule is C[C@H](NC(=O)Cc1cc2c(C#N)c(F)ccc2[nH]c1=O)c1ncc(C#N)cn1. The highest BCUT2D eigenvalue weighted by Gasteiger charge is 2.16. The quantitative estimate of drug-likeness (QED) is 0.710. The van der Waals surface area contributed by atoms with Gasteiger partial charge in [-0.2, -0.15) is 10.5 Å². The number of aromatic nitrogens is 3. The van der Waals surface area contributed by atoms with Crippen molar-refractivity contribution in [1.82, 2.24) is 20.3 Å². The van der Waals surface area contributed by atoms with Gasteiger partial charge in [0.15, 0.2) is 0 Å². The molecule has 8 nitrogen and oxygen atoms in total. The third kappa shape index (κ3) is 3.69. The lowest BCUT2D eigenvalue weighted by Gasteiger charge is -2.12. The monoisotopic (exact) mass is 376 g/mol. The predicted molar refractivity (Wildman–Crippen MR) is 96.3 cm³/mol. The molecular weight excluding hydrogens is 363 g/mol. The van der Waals surface area contributed by atoms with Gasteiger partial charge < -0.3 is 10.3 Å². The summed E-state index contributed by atoms with van der Waals surface area (Å²) >= 11 is 0. The summed E-state index contributed by atoms with van der Waals surface area (Å²) in [6.07, 6.45) is 2.42. The second-order valence-electron chi connectivity index (χ2n) is 6.03. The fourth-order valence-electron chi connectivity index (χ4n) is 2.69. The second kappa shape index (κ2) is 7.64. The van der Waals surface area contributed by atoms with Crippen LogP contribution in [0.1, 0.15) is 35.5 Å². The number of H-pyrrole nitrogens is 1. The summed E-state index contributed by atoms with van der Waals surface area (Å²) in [7, 11) is 0. The van der Waals surface area contributed by atoms with Gasteiger partial charge in [0.2, 0.25) is 5.91 Å². The van der Waals surface area contributed by atoms with E-state index in [2.05, 4.69) is 20.3 Å². The van der Waals surface area contributed by atoms with Gasteiger partial charge >= 0.3 is 0 Å². The molecule has 0 unspecified atom stereocenters. The van der Waals surface area contributed by atoms with Gasteiger partial charge in [-0.25, -0.2) is 14.4 Å². The van der Waals surface area contributed by atoms with Crippen LogP contribution in [0.3, 0.4) is 0 Å². The van der Waals surface area contributed by atoms with Crippen LogP contribution >= 0.6 is 0 Å². The Hall–Kier alpha value is -4.11. The number of nitrogens with one attached hydrogen (secondary N) is 2. The maximum atomic E-state index is 13.8. The van der Waals surface area contributed by atoms with Crippen LogP contribution in [-0.2, 0) is 11.2 Å². The molecule has 0 saturated heterocycles. The summed E-state index contributed by atoms with van der Waals surface area (Å²) < 4.78 is 13.8.